The highest BCUT2D eigenvalue weighted by molar-refractivity contribution is 5.97. The average Bonchev–Trinajstić information content (AvgIpc) is 2.79. The molecule has 0 radical (unpaired) electrons. The van der Waals surface area contributed by atoms with E-state index in [1.165, 1.54) is 7.11 Å². The van der Waals surface area contributed by atoms with Gasteiger partial charge >= 0.3 is 5.97 Å². The van der Waals surface area contributed by atoms with E-state index >= 15 is 0 Å². The lowest BCUT2D eigenvalue weighted by molar-refractivity contribution is -0.150. The molecule has 1 fully saturated rings. The number of esters is 1. The molecule has 1 aliphatic rings. The zero-order chi connectivity index (χ0) is 12.0. The molecule has 5 nitrogen and oxygen atoms in total. The number of methoxy groups -OCH3 is 1. The summed E-state index contributed by atoms with van der Waals surface area (Å²) in [6, 6.07) is 0. The minimum absolute atomic E-state index is 0.0964. The molecule has 0 aliphatic carbocycles. The number of nitrogens with one attached hydrogen (secondary N) is 1. The maximum absolute atomic E-state index is 11.7. The first-order valence-corrected chi connectivity index (χ1v) is 5.66. The van der Waals surface area contributed by atoms with E-state index in [-0.39, 0.29) is 12.0 Å². The Labute approximate surface area is 95.5 Å². The first-order chi connectivity index (χ1) is 7.69. The highest BCUT2D eigenvalue weighted by Crippen LogP contribution is 2.11. The highest BCUT2D eigenvalue weighted by atomic mass is 16.5. The second kappa shape index (κ2) is 6.48. The summed E-state index contributed by atoms with van der Waals surface area (Å²) < 4.78 is 9.94. The monoisotopic (exact) mass is 229 g/mol. The number of hydrogen-bond acceptors (Lipinski definition) is 4. The predicted octanol–water partition coefficient (Wildman–Crippen LogP) is 0.481. The second-order valence-corrected chi connectivity index (χ2v) is 3.86. The third-order valence-corrected chi connectivity index (χ3v) is 2.74. The van der Waals surface area contributed by atoms with Crippen molar-refractivity contribution in [3.8, 4) is 0 Å². The summed E-state index contributed by atoms with van der Waals surface area (Å²) in [4.78, 5) is 22.9. The van der Waals surface area contributed by atoms with Gasteiger partial charge in [-0.1, -0.05) is 6.92 Å². The van der Waals surface area contributed by atoms with E-state index in [9.17, 15) is 9.59 Å². The summed E-state index contributed by atoms with van der Waals surface area (Å²) in [5.41, 5.74) is 0. The minimum atomic E-state index is -0.702. The van der Waals surface area contributed by atoms with E-state index in [2.05, 4.69) is 10.1 Å². The number of amides is 1. The molecule has 1 saturated heterocycles. The molecule has 1 amide bonds. The van der Waals surface area contributed by atoms with Crippen LogP contribution in [0.15, 0.2) is 0 Å². The van der Waals surface area contributed by atoms with Crippen LogP contribution in [-0.4, -0.2) is 38.2 Å². The van der Waals surface area contributed by atoms with Crippen LogP contribution in [-0.2, 0) is 19.1 Å². The molecule has 16 heavy (non-hydrogen) atoms. The minimum Gasteiger partial charge on any atom is -0.468 e. The number of hydrogen-bond donors (Lipinski definition) is 1. The Morgan fingerprint density at radius 3 is 2.81 bits per heavy atom. The normalized spacial score (nSPS) is 21.5. The quantitative estimate of drug-likeness (QED) is 0.550. The number of carbonyl (C=O) groups excluding carboxylic acids is 2. The molecule has 1 aliphatic heterocycles. The molecule has 2 unspecified atom stereocenters. The van der Waals surface area contributed by atoms with Gasteiger partial charge in [-0.15, -0.1) is 0 Å². The first-order valence-electron chi connectivity index (χ1n) is 5.66. The molecule has 1 heterocycles. The van der Waals surface area contributed by atoms with E-state index < -0.39 is 11.9 Å². The van der Waals surface area contributed by atoms with Crippen molar-refractivity contribution in [2.45, 2.75) is 32.3 Å². The Bertz CT molecular complexity index is 248. The van der Waals surface area contributed by atoms with Gasteiger partial charge < -0.3 is 14.8 Å². The van der Waals surface area contributed by atoms with Crippen molar-refractivity contribution in [1.29, 1.82) is 0 Å². The van der Waals surface area contributed by atoms with Crippen LogP contribution in [0, 0.1) is 5.92 Å². The van der Waals surface area contributed by atoms with Crippen LogP contribution in [0.4, 0.5) is 0 Å². The highest BCUT2D eigenvalue weighted by Gasteiger charge is 2.26. The van der Waals surface area contributed by atoms with Crippen LogP contribution < -0.4 is 5.32 Å². The summed E-state index contributed by atoms with van der Waals surface area (Å²) in [7, 11) is 1.29. The lowest BCUT2D eigenvalue weighted by atomic mass is 10.1. The fourth-order valence-corrected chi connectivity index (χ4v) is 1.74. The topological polar surface area (TPSA) is 64.6 Å². The maximum atomic E-state index is 11.7. The maximum Gasteiger partial charge on any atom is 0.318 e. The van der Waals surface area contributed by atoms with Gasteiger partial charge in [0.25, 0.3) is 0 Å². The van der Waals surface area contributed by atoms with Crippen molar-refractivity contribution < 1.29 is 19.1 Å². The third kappa shape index (κ3) is 3.48. The molecule has 0 aromatic rings. The smallest absolute Gasteiger partial charge is 0.318 e. The lowest BCUT2D eigenvalue weighted by Crippen LogP contribution is -2.39. The van der Waals surface area contributed by atoms with Gasteiger partial charge in [-0.2, -0.15) is 0 Å². The van der Waals surface area contributed by atoms with Gasteiger partial charge in [0.05, 0.1) is 13.2 Å². The molecule has 92 valence electrons. The van der Waals surface area contributed by atoms with Gasteiger partial charge in [-0.3, -0.25) is 9.59 Å². The van der Waals surface area contributed by atoms with E-state index in [1.807, 2.05) is 0 Å². The zero-order valence-electron chi connectivity index (χ0n) is 9.82. The van der Waals surface area contributed by atoms with Crippen molar-refractivity contribution in [2.75, 3.05) is 20.3 Å². The van der Waals surface area contributed by atoms with Crippen LogP contribution in [0.25, 0.3) is 0 Å². The largest absolute Gasteiger partial charge is 0.468 e. The summed E-state index contributed by atoms with van der Waals surface area (Å²) in [5, 5.41) is 2.73. The van der Waals surface area contributed by atoms with E-state index in [4.69, 9.17) is 4.74 Å². The molecule has 0 bridgehead atoms. The number of carbonyl (C=O) groups is 2. The fraction of sp³-hybridized carbons (Fsp3) is 0.818. The van der Waals surface area contributed by atoms with Crippen molar-refractivity contribution in [3.05, 3.63) is 0 Å². The Kier molecular flexibility index (Phi) is 5.25. The van der Waals surface area contributed by atoms with Gasteiger partial charge in [0.1, 0.15) is 5.92 Å². The zero-order valence-corrected chi connectivity index (χ0v) is 9.82. The summed E-state index contributed by atoms with van der Waals surface area (Å²) >= 11 is 0. The van der Waals surface area contributed by atoms with Gasteiger partial charge in [-0.25, -0.2) is 0 Å². The molecule has 0 saturated carbocycles. The number of ether oxygens (including phenoxy) is 2. The van der Waals surface area contributed by atoms with Crippen molar-refractivity contribution in [3.63, 3.8) is 0 Å². The van der Waals surface area contributed by atoms with Crippen LogP contribution in [0.1, 0.15) is 26.2 Å². The van der Waals surface area contributed by atoms with E-state index in [0.717, 1.165) is 19.4 Å². The molecule has 1 rings (SSSR count). The fourth-order valence-electron chi connectivity index (χ4n) is 1.74. The summed E-state index contributed by atoms with van der Waals surface area (Å²) in [6.45, 7) is 3.02. The second-order valence-electron chi connectivity index (χ2n) is 3.86. The van der Waals surface area contributed by atoms with Crippen LogP contribution >= 0.6 is 0 Å². The van der Waals surface area contributed by atoms with Gasteiger partial charge in [-0.05, 0) is 19.3 Å². The number of rotatable bonds is 5. The molecule has 1 N–H and O–H groups in total. The Hall–Kier alpha value is -1.10. The average molecular weight is 229 g/mol. The Morgan fingerprint density at radius 1 is 1.56 bits per heavy atom. The van der Waals surface area contributed by atoms with Gasteiger partial charge in [0, 0.05) is 13.2 Å². The Balaban J connectivity index is 2.34. The molecule has 0 spiro atoms. The van der Waals surface area contributed by atoms with Crippen LogP contribution in [0.3, 0.4) is 0 Å². The van der Waals surface area contributed by atoms with Gasteiger partial charge in [0.15, 0.2) is 0 Å². The summed E-state index contributed by atoms with van der Waals surface area (Å²) in [6.07, 6.45) is 2.55. The van der Waals surface area contributed by atoms with Crippen molar-refractivity contribution >= 4 is 11.9 Å². The molecule has 0 aromatic heterocycles. The Morgan fingerprint density at radius 2 is 2.31 bits per heavy atom. The van der Waals surface area contributed by atoms with Crippen LogP contribution in [0.2, 0.25) is 0 Å². The van der Waals surface area contributed by atoms with Gasteiger partial charge in [0.2, 0.25) is 5.91 Å². The van der Waals surface area contributed by atoms with E-state index in [1.54, 1.807) is 6.92 Å². The molecule has 2 atom stereocenters. The predicted molar refractivity (Wildman–Crippen MR) is 57.8 cm³/mol. The van der Waals surface area contributed by atoms with Crippen molar-refractivity contribution in [1.82, 2.24) is 5.32 Å². The molecule has 0 aromatic carbocycles. The van der Waals surface area contributed by atoms with E-state index in [0.29, 0.717) is 13.0 Å². The standard InChI is InChI=1S/C11H19NO4/c1-3-9(11(14)15-2)10(13)12-7-8-5-4-6-16-8/h8-9H,3-7H2,1-2H3,(H,12,13). The molecular formula is C11H19NO4. The lowest BCUT2D eigenvalue weighted by Gasteiger charge is -2.15. The first kappa shape index (κ1) is 13.0. The molecule has 5 heteroatoms. The third-order valence-electron chi connectivity index (χ3n) is 2.74. The summed E-state index contributed by atoms with van der Waals surface area (Å²) in [5.74, 6) is -1.46. The van der Waals surface area contributed by atoms with Crippen LogP contribution in [0.5, 0.6) is 0 Å². The molecular weight excluding hydrogens is 210 g/mol. The SMILES string of the molecule is CCC(C(=O)NCC1CCCO1)C(=O)OC. The van der Waals surface area contributed by atoms with Crippen molar-refractivity contribution in [2.24, 2.45) is 5.92 Å².